The van der Waals surface area contributed by atoms with E-state index in [1.807, 2.05) is 39.8 Å². The summed E-state index contributed by atoms with van der Waals surface area (Å²) < 4.78 is 11.7. The number of pyridine rings is 1. The molecule has 33 heavy (non-hydrogen) atoms. The number of para-hydroxylation sites is 1. The minimum atomic E-state index is -0.983. The average molecular weight is 466 g/mol. The minimum Gasteiger partial charge on any atom is -0.507 e. The van der Waals surface area contributed by atoms with Crippen molar-refractivity contribution in [3.63, 3.8) is 0 Å². The summed E-state index contributed by atoms with van der Waals surface area (Å²) in [5.41, 5.74) is 4.31. The number of carbonyl (C=O) groups excluding carboxylic acids is 1. The van der Waals surface area contributed by atoms with Gasteiger partial charge in [0, 0.05) is 38.2 Å². The fourth-order valence-corrected chi connectivity index (χ4v) is 5.84. The van der Waals surface area contributed by atoms with Gasteiger partial charge >= 0.3 is 5.97 Å². The summed E-state index contributed by atoms with van der Waals surface area (Å²) in [7, 11) is 0. The van der Waals surface area contributed by atoms with Crippen LogP contribution in [0.25, 0.3) is 26.9 Å². The molecule has 0 fully saturated rings. The van der Waals surface area contributed by atoms with Gasteiger partial charge in [-0.1, -0.05) is 24.8 Å². The molecule has 6 heteroatoms. The van der Waals surface area contributed by atoms with Gasteiger partial charge in [-0.2, -0.15) is 0 Å². The lowest BCUT2D eigenvalue weighted by Crippen LogP contribution is -2.30. The Kier molecular flexibility index (Phi) is 6.34. The van der Waals surface area contributed by atoms with Crippen molar-refractivity contribution < 1.29 is 19.4 Å². The Labute approximate surface area is 199 Å². The standard InChI is InChI=1S/C27H31NO4S/c1-7-31-26(30)24(32-27(4,5)6)21-16(3)28-25-23(20-15(2)11-10-14-19(20)33-25)22(21)17-12-8-9-13-18(17)29/h8-9,12-13,24,29H,2,7,10-11,14H2,1,3-6H3. The van der Waals surface area contributed by atoms with Crippen LogP contribution in [0.2, 0.25) is 0 Å². The predicted octanol–water partition coefficient (Wildman–Crippen LogP) is 6.75. The van der Waals surface area contributed by atoms with Gasteiger partial charge in [0.15, 0.2) is 6.10 Å². The molecule has 2 heterocycles. The van der Waals surface area contributed by atoms with Crippen molar-refractivity contribution in [2.45, 2.75) is 65.6 Å². The number of hydrogen-bond acceptors (Lipinski definition) is 6. The monoisotopic (exact) mass is 465 g/mol. The predicted molar refractivity (Wildman–Crippen MR) is 134 cm³/mol. The van der Waals surface area contributed by atoms with Crippen LogP contribution in [0.3, 0.4) is 0 Å². The summed E-state index contributed by atoms with van der Waals surface area (Å²) in [4.78, 5) is 20.3. The second-order valence-electron chi connectivity index (χ2n) is 9.40. The number of phenolic OH excluding ortho intramolecular Hbond substituents is 1. The van der Waals surface area contributed by atoms with E-state index in [1.165, 1.54) is 4.88 Å². The number of fused-ring (bicyclic) bond motifs is 3. The zero-order chi connectivity index (χ0) is 23.9. The highest BCUT2D eigenvalue weighted by atomic mass is 32.1. The van der Waals surface area contributed by atoms with Crippen LogP contribution in [0.4, 0.5) is 0 Å². The number of phenols is 1. The van der Waals surface area contributed by atoms with Crippen LogP contribution < -0.4 is 0 Å². The van der Waals surface area contributed by atoms with E-state index < -0.39 is 17.7 Å². The number of carbonyl (C=O) groups is 1. The van der Waals surface area contributed by atoms with Gasteiger partial charge in [-0.05, 0) is 65.5 Å². The fraction of sp³-hybridized carbons (Fsp3) is 0.407. The van der Waals surface area contributed by atoms with Crippen molar-refractivity contribution in [1.82, 2.24) is 4.98 Å². The first-order chi connectivity index (χ1) is 15.6. The summed E-state index contributed by atoms with van der Waals surface area (Å²) in [5.74, 6) is -0.318. The Morgan fingerprint density at radius 2 is 1.97 bits per heavy atom. The fourth-order valence-electron chi connectivity index (χ4n) is 4.52. The van der Waals surface area contributed by atoms with Gasteiger partial charge in [0.05, 0.1) is 12.2 Å². The summed E-state index contributed by atoms with van der Waals surface area (Å²) in [5, 5.41) is 11.8. The van der Waals surface area contributed by atoms with E-state index in [4.69, 9.17) is 14.5 Å². The Balaban J connectivity index is 2.13. The van der Waals surface area contributed by atoms with Gasteiger partial charge < -0.3 is 14.6 Å². The van der Waals surface area contributed by atoms with Crippen molar-refractivity contribution in [2.24, 2.45) is 0 Å². The second-order valence-corrected chi connectivity index (χ2v) is 10.5. The molecule has 0 aliphatic heterocycles. The number of allylic oxidation sites excluding steroid dienone is 1. The lowest BCUT2D eigenvalue weighted by atomic mass is 9.86. The SMILES string of the molecule is C=C1CCCc2sc3nc(C)c(C(OC(C)(C)C)C(=O)OCC)c(-c4ccccc4O)c3c21. The minimum absolute atomic E-state index is 0.144. The van der Waals surface area contributed by atoms with E-state index in [0.717, 1.165) is 46.2 Å². The Bertz CT molecular complexity index is 1240. The van der Waals surface area contributed by atoms with Crippen LogP contribution in [0, 0.1) is 6.92 Å². The number of ether oxygens (including phenoxy) is 2. The van der Waals surface area contributed by atoms with Crippen molar-refractivity contribution in [3.8, 4) is 16.9 Å². The Hall–Kier alpha value is -2.70. The molecule has 1 atom stereocenters. The zero-order valence-corrected chi connectivity index (χ0v) is 20.8. The third-order valence-electron chi connectivity index (χ3n) is 5.78. The molecule has 1 N–H and O–H groups in total. The largest absolute Gasteiger partial charge is 0.507 e. The number of hydrogen-bond donors (Lipinski definition) is 1. The second kappa shape index (κ2) is 8.92. The quantitative estimate of drug-likeness (QED) is 0.422. The third kappa shape index (κ3) is 4.42. The van der Waals surface area contributed by atoms with Crippen LogP contribution >= 0.6 is 11.3 Å². The van der Waals surface area contributed by atoms with Gasteiger partial charge in [-0.25, -0.2) is 9.78 Å². The summed E-state index contributed by atoms with van der Waals surface area (Å²) in [6.07, 6.45) is 1.98. The van der Waals surface area contributed by atoms with E-state index >= 15 is 0 Å². The molecule has 4 rings (SSSR count). The highest BCUT2D eigenvalue weighted by Crippen LogP contribution is 2.49. The summed E-state index contributed by atoms with van der Waals surface area (Å²) in [6, 6.07) is 7.22. The lowest BCUT2D eigenvalue weighted by molar-refractivity contribution is -0.166. The number of thiophene rings is 1. The topological polar surface area (TPSA) is 68.7 Å². The highest BCUT2D eigenvalue weighted by Gasteiger charge is 2.35. The van der Waals surface area contributed by atoms with Crippen LogP contribution in [0.1, 0.15) is 68.3 Å². The number of aromatic nitrogens is 1. The maximum atomic E-state index is 13.2. The number of aryl methyl sites for hydroxylation is 2. The molecule has 0 amide bonds. The first kappa shape index (κ1) is 23.5. The summed E-state index contributed by atoms with van der Waals surface area (Å²) >= 11 is 1.67. The third-order valence-corrected chi connectivity index (χ3v) is 6.93. The molecule has 5 nitrogen and oxygen atoms in total. The molecule has 0 radical (unpaired) electrons. The molecule has 1 aliphatic rings. The zero-order valence-electron chi connectivity index (χ0n) is 19.9. The number of nitrogens with zero attached hydrogens (tertiary/aromatic N) is 1. The molecule has 0 saturated carbocycles. The molecule has 0 saturated heterocycles. The number of rotatable bonds is 5. The highest BCUT2D eigenvalue weighted by molar-refractivity contribution is 7.19. The molecule has 3 aromatic rings. The number of benzene rings is 1. The van der Waals surface area contributed by atoms with Crippen LogP contribution in [-0.4, -0.2) is 28.3 Å². The van der Waals surface area contributed by atoms with E-state index in [0.29, 0.717) is 16.8 Å². The average Bonchev–Trinajstić information content (AvgIpc) is 3.10. The molecule has 2 aromatic heterocycles. The lowest BCUT2D eigenvalue weighted by Gasteiger charge is -2.29. The number of aromatic hydroxyl groups is 1. The van der Waals surface area contributed by atoms with E-state index in [-0.39, 0.29) is 12.4 Å². The van der Waals surface area contributed by atoms with Gasteiger partial charge in [-0.3, -0.25) is 0 Å². The molecular weight excluding hydrogens is 434 g/mol. The van der Waals surface area contributed by atoms with E-state index in [9.17, 15) is 9.90 Å². The molecule has 174 valence electrons. The van der Waals surface area contributed by atoms with Crippen LogP contribution in [0.5, 0.6) is 5.75 Å². The molecule has 1 aromatic carbocycles. The van der Waals surface area contributed by atoms with Crippen LogP contribution in [-0.2, 0) is 20.7 Å². The van der Waals surface area contributed by atoms with Crippen molar-refractivity contribution in [3.05, 3.63) is 52.5 Å². The normalized spacial score (nSPS) is 14.9. The first-order valence-electron chi connectivity index (χ1n) is 11.4. The van der Waals surface area contributed by atoms with Gasteiger partial charge in [0.25, 0.3) is 0 Å². The number of esters is 1. The van der Waals surface area contributed by atoms with Gasteiger partial charge in [0.1, 0.15) is 10.6 Å². The molecule has 1 unspecified atom stereocenters. The smallest absolute Gasteiger partial charge is 0.340 e. The van der Waals surface area contributed by atoms with Crippen molar-refractivity contribution in [1.29, 1.82) is 0 Å². The van der Waals surface area contributed by atoms with E-state index in [1.54, 1.807) is 30.4 Å². The first-order valence-corrected chi connectivity index (χ1v) is 12.2. The maximum absolute atomic E-state index is 13.2. The molecule has 1 aliphatic carbocycles. The molecular formula is C27H31NO4S. The summed E-state index contributed by atoms with van der Waals surface area (Å²) in [6.45, 7) is 14.0. The van der Waals surface area contributed by atoms with Crippen molar-refractivity contribution >= 4 is 33.1 Å². The Morgan fingerprint density at radius 1 is 1.24 bits per heavy atom. The molecule has 0 bridgehead atoms. The van der Waals surface area contributed by atoms with Crippen molar-refractivity contribution in [2.75, 3.05) is 6.61 Å². The van der Waals surface area contributed by atoms with E-state index in [2.05, 4.69) is 6.58 Å². The maximum Gasteiger partial charge on any atom is 0.340 e. The van der Waals surface area contributed by atoms with Crippen LogP contribution in [0.15, 0.2) is 30.8 Å². The Morgan fingerprint density at radius 3 is 2.64 bits per heavy atom. The molecule has 0 spiro atoms. The van der Waals surface area contributed by atoms with Gasteiger partial charge in [-0.15, -0.1) is 11.3 Å². The van der Waals surface area contributed by atoms with Gasteiger partial charge in [0.2, 0.25) is 0 Å².